The van der Waals surface area contributed by atoms with E-state index in [1.165, 1.54) is 0 Å². The van der Waals surface area contributed by atoms with Crippen LogP contribution in [-0.4, -0.2) is 59.4 Å². The third-order valence-corrected chi connectivity index (χ3v) is 3.34. The monoisotopic (exact) mass is 276 g/mol. The molecular weight excluding hydrogens is 256 g/mol. The van der Waals surface area contributed by atoms with Crippen LogP contribution in [0.1, 0.15) is 23.0 Å². The van der Waals surface area contributed by atoms with Crippen molar-refractivity contribution in [3.63, 3.8) is 0 Å². The lowest BCUT2D eigenvalue weighted by Crippen LogP contribution is -2.53. The van der Waals surface area contributed by atoms with Gasteiger partial charge in [0.2, 0.25) is 0 Å². The van der Waals surface area contributed by atoms with Crippen molar-refractivity contribution in [1.29, 1.82) is 0 Å². The maximum atomic E-state index is 12.3. The number of pyridine rings is 1. The summed E-state index contributed by atoms with van der Waals surface area (Å²) >= 11 is 0. The highest BCUT2D eigenvalue weighted by atomic mass is 16.2. The van der Waals surface area contributed by atoms with Crippen LogP contribution in [0.4, 0.5) is 4.79 Å². The molecule has 108 valence electrons. The van der Waals surface area contributed by atoms with Crippen LogP contribution in [0.2, 0.25) is 0 Å². The predicted molar refractivity (Wildman–Crippen MR) is 75.5 cm³/mol. The van der Waals surface area contributed by atoms with Gasteiger partial charge in [-0.05, 0) is 26.0 Å². The number of piperazine rings is 1. The van der Waals surface area contributed by atoms with Crippen LogP contribution in [0, 0.1) is 6.92 Å². The molecule has 1 N–H and O–H groups in total. The van der Waals surface area contributed by atoms with Crippen molar-refractivity contribution in [2.24, 2.45) is 0 Å². The number of rotatable bonds is 2. The van der Waals surface area contributed by atoms with Crippen molar-refractivity contribution in [1.82, 2.24) is 20.1 Å². The molecule has 0 radical (unpaired) electrons. The summed E-state index contributed by atoms with van der Waals surface area (Å²) in [5.74, 6) is -0.0203. The van der Waals surface area contributed by atoms with Gasteiger partial charge in [0.15, 0.2) is 0 Å². The Morgan fingerprint density at radius 2 is 1.85 bits per heavy atom. The lowest BCUT2D eigenvalue weighted by molar-refractivity contribution is 0.0665. The highest BCUT2D eigenvalue weighted by molar-refractivity contribution is 5.94. The zero-order chi connectivity index (χ0) is 14.5. The molecule has 0 atom stereocenters. The fourth-order valence-electron chi connectivity index (χ4n) is 2.15. The number of hydrogen-bond donors (Lipinski definition) is 1. The lowest BCUT2D eigenvalue weighted by atomic mass is 10.2. The summed E-state index contributed by atoms with van der Waals surface area (Å²) in [7, 11) is 0. The summed E-state index contributed by atoms with van der Waals surface area (Å²) in [6.45, 7) is 6.65. The molecule has 1 saturated heterocycles. The van der Waals surface area contributed by atoms with Gasteiger partial charge in [0, 0.05) is 44.6 Å². The Hall–Kier alpha value is -2.11. The Kier molecular flexibility index (Phi) is 4.55. The summed E-state index contributed by atoms with van der Waals surface area (Å²) in [5, 5.41) is 2.77. The molecule has 0 bridgehead atoms. The van der Waals surface area contributed by atoms with Gasteiger partial charge in [0.1, 0.15) is 0 Å². The molecule has 2 heterocycles. The van der Waals surface area contributed by atoms with Crippen LogP contribution in [0.3, 0.4) is 0 Å². The van der Waals surface area contributed by atoms with Gasteiger partial charge in [0.05, 0.1) is 5.56 Å². The van der Waals surface area contributed by atoms with Crippen molar-refractivity contribution in [3.05, 3.63) is 29.6 Å². The van der Waals surface area contributed by atoms with Gasteiger partial charge >= 0.3 is 6.03 Å². The van der Waals surface area contributed by atoms with E-state index in [1.807, 2.05) is 19.9 Å². The Balaban J connectivity index is 1.92. The number of urea groups is 1. The molecule has 0 unspecified atom stereocenters. The molecule has 3 amide bonds. The van der Waals surface area contributed by atoms with E-state index in [0.29, 0.717) is 38.3 Å². The molecule has 1 fully saturated rings. The first kappa shape index (κ1) is 14.3. The molecule has 1 aliphatic rings. The van der Waals surface area contributed by atoms with E-state index >= 15 is 0 Å². The minimum absolute atomic E-state index is 0.0203. The van der Waals surface area contributed by atoms with Gasteiger partial charge in [-0.25, -0.2) is 4.79 Å². The SMILES string of the molecule is CCNC(=O)N1CCN(C(=O)c2ccc(C)nc2)CC1. The van der Waals surface area contributed by atoms with E-state index in [2.05, 4.69) is 10.3 Å². The van der Waals surface area contributed by atoms with E-state index in [-0.39, 0.29) is 11.9 Å². The average molecular weight is 276 g/mol. The minimum atomic E-state index is -0.0587. The highest BCUT2D eigenvalue weighted by Crippen LogP contribution is 2.08. The largest absolute Gasteiger partial charge is 0.338 e. The zero-order valence-corrected chi connectivity index (χ0v) is 11.9. The first-order valence-electron chi connectivity index (χ1n) is 6.86. The standard InChI is InChI=1S/C14H20N4O2/c1-3-15-14(20)18-8-6-17(7-9-18)13(19)12-5-4-11(2)16-10-12/h4-5,10H,3,6-9H2,1-2H3,(H,15,20). The van der Waals surface area contributed by atoms with Crippen molar-refractivity contribution in [2.75, 3.05) is 32.7 Å². The number of carbonyl (C=O) groups excluding carboxylic acids is 2. The molecule has 0 saturated carbocycles. The first-order chi connectivity index (χ1) is 9.61. The summed E-state index contributed by atoms with van der Waals surface area (Å²) in [4.78, 5) is 31.6. The molecule has 0 spiro atoms. The third-order valence-electron chi connectivity index (χ3n) is 3.34. The van der Waals surface area contributed by atoms with E-state index < -0.39 is 0 Å². The van der Waals surface area contributed by atoms with Crippen LogP contribution in [0.15, 0.2) is 18.3 Å². The Morgan fingerprint density at radius 1 is 1.20 bits per heavy atom. The van der Waals surface area contributed by atoms with Gasteiger partial charge < -0.3 is 15.1 Å². The molecule has 0 aliphatic carbocycles. The van der Waals surface area contributed by atoms with E-state index in [4.69, 9.17) is 0 Å². The Labute approximate surface area is 118 Å². The quantitative estimate of drug-likeness (QED) is 0.872. The van der Waals surface area contributed by atoms with Crippen LogP contribution in [0.25, 0.3) is 0 Å². The summed E-state index contributed by atoms with van der Waals surface area (Å²) in [5.41, 5.74) is 1.49. The van der Waals surface area contributed by atoms with Gasteiger partial charge in [-0.3, -0.25) is 9.78 Å². The first-order valence-corrected chi connectivity index (χ1v) is 6.86. The Bertz CT molecular complexity index is 478. The van der Waals surface area contributed by atoms with Crippen LogP contribution < -0.4 is 5.32 Å². The normalized spacial score (nSPS) is 15.1. The fraction of sp³-hybridized carbons (Fsp3) is 0.500. The van der Waals surface area contributed by atoms with Crippen molar-refractivity contribution >= 4 is 11.9 Å². The number of aromatic nitrogens is 1. The van der Waals surface area contributed by atoms with Gasteiger partial charge in [0.25, 0.3) is 5.91 Å². The lowest BCUT2D eigenvalue weighted by Gasteiger charge is -2.34. The summed E-state index contributed by atoms with van der Waals surface area (Å²) in [6, 6.07) is 3.57. The number of aryl methyl sites for hydroxylation is 1. The fourth-order valence-corrected chi connectivity index (χ4v) is 2.15. The zero-order valence-electron chi connectivity index (χ0n) is 11.9. The second-order valence-corrected chi connectivity index (χ2v) is 4.80. The molecule has 1 aromatic heterocycles. The Morgan fingerprint density at radius 3 is 2.40 bits per heavy atom. The number of hydrogen-bond acceptors (Lipinski definition) is 3. The topological polar surface area (TPSA) is 65.5 Å². The molecule has 0 aromatic carbocycles. The van der Waals surface area contributed by atoms with Gasteiger partial charge in [-0.2, -0.15) is 0 Å². The second-order valence-electron chi connectivity index (χ2n) is 4.80. The summed E-state index contributed by atoms with van der Waals surface area (Å²) < 4.78 is 0. The second kappa shape index (κ2) is 6.36. The third kappa shape index (κ3) is 3.26. The molecule has 20 heavy (non-hydrogen) atoms. The number of nitrogens with zero attached hydrogens (tertiary/aromatic N) is 3. The number of nitrogens with one attached hydrogen (secondary N) is 1. The summed E-state index contributed by atoms with van der Waals surface area (Å²) in [6.07, 6.45) is 1.60. The van der Waals surface area contributed by atoms with Crippen molar-refractivity contribution < 1.29 is 9.59 Å². The maximum absolute atomic E-state index is 12.3. The van der Waals surface area contributed by atoms with Gasteiger partial charge in [-0.1, -0.05) is 0 Å². The number of amides is 3. The van der Waals surface area contributed by atoms with E-state index in [9.17, 15) is 9.59 Å². The predicted octanol–water partition coefficient (Wildman–Crippen LogP) is 0.877. The van der Waals surface area contributed by atoms with Crippen LogP contribution in [0.5, 0.6) is 0 Å². The van der Waals surface area contributed by atoms with Gasteiger partial charge in [-0.15, -0.1) is 0 Å². The smallest absolute Gasteiger partial charge is 0.317 e. The van der Waals surface area contributed by atoms with Crippen molar-refractivity contribution in [2.45, 2.75) is 13.8 Å². The molecule has 1 aliphatic heterocycles. The molecular formula is C14H20N4O2. The molecule has 1 aromatic rings. The molecule has 6 heteroatoms. The number of carbonyl (C=O) groups is 2. The minimum Gasteiger partial charge on any atom is -0.338 e. The van der Waals surface area contributed by atoms with E-state index in [1.54, 1.807) is 22.1 Å². The van der Waals surface area contributed by atoms with E-state index in [0.717, 1.165) is 5.69 Å². The van der Waals surface area contributed by atoms with Crippen LogP contribution >= 0.6 is 0 Å². The maximum Gasteiger partial charge on any atom is 0.317 e. The average Bonchev–Trinajstić information content (AvgIpc) is 2.48. The van der Waals surface area contributed by atoms with Crippen molar-refractivity contribution in [3.8, 4) is 0 Å². The molecule has 2 rings (SSSR count). The molecule has 6 nitrogen and oxygen atoms in total. The van der Waals surface area contributed by atoms with Crippen LogP contribution in [-0.2, 0) is 0 Å². The highest BCUT2D eigenvalue weighted by Gasteiger charge is 2.24.